The number of aromatic hydroxyl groups is 1. The number of fused-ring (bicyclic) bond motifs is 5. The van der Waals surface area contributed by atoms with Gasteiger partial charge in [0.2, 0.25) is 10.0 Å². The van der Waals surface area contributed by atoms with Crippen LogP contribution in [0.2, 0.25) is 5.02 Å². The molecule has 5 rings (SSSR count). The molecule has 1 heterocycles. The average molecular weight is 483 g/mol. The van der Waals surface area contributed by atoms with E-state index in [4.69, 9.17) is 11.6 Å². The maximum Gasteiger partial charge on any atom is 0.236 e. The topological polar surface area (TPSA) is 69.6 Å². The Morgan fingerprint density at radius 2 is 1.79 bits per heavy atom. The molecule has 0 saturated heterocycles. The lowest BCUT2D eigenvalue weighted by Gasteiger charge is -2.38. The molecule has 7 heteroatoms. The van der Waals surface area contributed by atoms with Gasteiger partial charge in [0.05, 0.1) is 10.8 Å². The van der Waals surface area contributed by atoms with Crippen molar-refractivity contribution in [2.24, 2.45) is 0 Å². The summed E-state index contributed by atoms with van der Waals surface area (Å²) in [5.74, 6) is 0.152. The third kappa shape index (κ3) is 4.47. The van der Waals surface area contributed by atoms with Crippen LogP contribution in [-0.4, -0.2) is 38.1 Å². The predicted octanol–water partition coefficient (Wildman–Crippen LogP) is 4.92. The molecule has 5 nitrogen and oxygen atoms in total. The van der Waals surface area contributed by atoms with E-state index in [1.807, 2.05) is 60.7 Å². The van der Waals surface area contributed by atoms with Gasteiger partial charge in [0.25, 0.3) is 0 Å². The first kappa shape index (κ1) is 22.3. The second-order valence-electron chi connectivity index (χ2n) is 9.08. The molecule has 172 valence electrons. The standard InChI is InChI=1S/C26H27ClN2O3S/c1-29-12-11-19-14-23(27)25(30)15-22(19)26-21-9-8-20(13-18(21)7-10-24(26)29)28-33(31,32)16-17-5-3-2-4-6-17/h2-6,8-9,13-15,24,26,28,30H,7,10-12,16H2,1H3/t24-,26+/m0/s1. The van der Waals surface area contributed by atoms with E-state index in [2.05, 4.69) is 16.7 Å². The molecule has 0 aromatic heterocycles. The monoisotopic (exact) mass is 482 g/mol. The summed E-state index contributed by atoms with van der Waals surface area (Å²) in [6.07, 6.45) is 2.73. The van der Waals surface area contributed by atoms with Crippen LogP contribution >= 0.6 is 11.6 Å². The number of hydrogen-bond donors (Lipinski definition) is 2. The Labute approximate surface area is 200 Å². The van der Waals surface area contributed by atoms with Gasteiger partial charge < -0.3 is 10.0 Å². The highest BCUT2D eigenvalue weighted by Crippen LogP contribution is 2.45. The molecule has 0 spiro atoms. The molecule has 0 amide bonds. The first-order valence-electron chi connectivity index (χ1n) is 11.2. The molecule has 2 N–H and O–H groups in total. The smallest absolute Gasteiger partial charge is 0.236 e. The quantitative estimate of drug-likeness (QED) is 0.553. The first-order chi connectivity index (χ1) is 15.8. The lowest BCUT2D eigenvalue weighted by atomic mass is 9.74. The molecule has 1 aliphatic carbocycles. The Bertz CT molecular complexity index is 1290. The number of aryl methyl sites for hydroxylation is 1. The Morgan fingerprint density at radius 3 is 2.58 bits per heavy atom. The minimum Gasteiger partial charge on any atom is -0.506 e. The van der Waals surface area contributed by atoms with E-state index in [1.54, 1.807) is 0 Å². The molecule has 0 saturated carbocycles. The zero-order valence-electron chi connectivity index (χ0n) is 18.5. The van der Waals surface area contributed by atoms with Gasteiger partial charge in [-0.25, -0.2) is 8.42 Å². The summed E-state index contributed by atoms with van der Waals surface area (Å²) in [6, 6.07) is 19.1. The highest BCUT2D eigenvalue weighted by molar-refractivity contribution is 7.91. The van der Waals surface area contributed by atoms with E-state index in [1.165, 1.54) is 5.56 Å². The van der Waals surface area contributed by atoms with Gasteiger partial charge in [-0.2, -0.15) is 0 Å². The van der Waals surface area contributed by atoms with Crippen LogP contribution in [0.3, 0.4) is 0 Å². The fraction of sp³-hybridized carbons (Fsp3) is 0.308. The van der Waals surface area contributed by atoms with Crippen LogP contribution in [0.1, 0.15) is 40.2 Å². The van der Waals surface area contributed by atoms with E-state index in [0.29, 0.717) is 16.8 Å². The van der Waals surface area contributed by atoms with Crippen LogP contribution in [0.4, 0.5) is 5.69 Å². The number of anilines is 1. The molecule has 2 atom stereocenters. The van der Waals surface area contributed by atoms with Crippen molar-refractivity contribution in [3.05, 3.63) is 93.5 Å². The number of rotatable bonds is 4. The molecule has 2 aliphatic rings. The van der Waals surface area contributed by atoms with Crippen molar-refractivity contribution in [2.45, 2.75) is 37.0 Å². The SMILES string of the molecule is CN1CCc2cc(Cl)c(O)cc2[C@H]2c3ccc(NS(=O)(=O)Cc4ccccc4)cc3CC[C@@H]21. The normalized spacial score (nSPS) is 20.3. The molecule has 3 aromatic carbocycles. The van der Waals surface area contributed by atoms with Crippen LogP contribution in [0, 0.1) is 0 Å². The Kier molecular flexibility index (Phi) is 5.85. The van der Waals surface area contributed by atoms with E-state index in [0.717, 1.165) is 48.1 Å². The lowest BCUT2D eigenvalue weighted by Crippen LogP contribution is -2.39. The van der Waals surface area contributed by atoms with E-state index in [-0.39, 0.29) is 17.4 Å². The Hall–Kier alpha value is -2.54. The molecule has 0 fully saturated rings. The summed E-state index contributed by atoms with van der Waals surface area (Å²) >= 11 is 6.22. The molecule has 33 heavy (non-hydrogen) atoms. The third-order valence-electron chi connectivity index (χ3n) is 6.89. The van der Waals surface area contributed by atoms with Gasteiger partial charge in [0.1, 0.15) is 5.75 Å². The highest BCUT2D eigenvalue weighted by atomic mass is 35.5. The maximum atomic E-state index is 12.7. The zero-order chi connectivity index (χ0) is 23.2. The zero-order valence-corrected chi connectivity index (χ0v) is 20.0. The van der Waals surface area contributed by atoms with Crippen LogP contribution in [0.5, 0.6) is 5.75 Å². The summed E-state index contributed by atoms with van der Waals surface area (Å²) in [5.41, 5.74) is 5.95. The fourth-order valence-corrected chi connectivity index (χ4v) is 6.69. The van der Waals surface area contributed by atoms with E-state index in [9.17, 15) is 13.5 Å². The third-order valence-corrected chi connectivity index (χ3v) is 8.45. The lowest BCUT2D eigenvalue weighted by molar-refractivity contribution is 0.214. The number of benzene rings is 3. The van der Waals surface area contributed by atoms with Crippen molar-refractivity contribution >= 4 is 27.3 Å². The molecule has 1 aliphatic heterocycles. The van der Waals surface area contributed by atoms with Gasteiger partial charge in [0.15, 0.2) is 0 Å². The highest BCUT2D eigenvalue weighted by Gasteiger charge is 2.37. The van der Waals surface area contributed by atoms with Crippen LogP contribution in [0.15, 0.2) is 60.7 Å². The van der Waals surface area contributed by atoms with E-state index < -0.39 is 10.0 Å². The van der Waals surface area contributed by atoms with Gasteiger partial charge in [-0.1, -0.05) is 48.0 Å². The van der Waals surface area contributed by atoms with Crippen LogP contribution in [-0.2, 0) is 28.6 Å². The maximum absolute atomic E-state index is 12.7. The number of nitrogens with one attached hydrogen (secondary N) is 1. The predicted molar refractivity (Wildman–Crippen MR) is 133 cm³/mol. The second-order valence-corrected chi connectivity index (χ2v) is 11.2. The Morgan fingerprint density at radius 1 is 1.03 bits per heavy atom. The molecule has 0 radical (unpaired) electrons. The molecule has 3 aromatic rings. The van der Waals surface area contributed by atoms with Gasteiger partial charge in [-0.3, -0.25) is 4.72 Å². The van der Waals surface area contributed by atoms with Gasteiger partial charge in [0, 0.05) is 24.2 Å². The van der Waals surface area contributed by atoms with Crippen molar-refractivity contribution in [1.82, 2.24) is 4.90 Å². The Balaban J connectivity index is 1.48. The van der Waals surface area contributed by atoms with E-state index >= 15 is 0 Å². The molecular formula is C26H27ClN2O3S. The minimum atomic E-state index is -3.52. The molecule has 0 bridgehead atoms. The first-order valence-corrected chi connectivity index (χ1v) is 13.2. The number of likely N-dealkylation sites (N-methyl/N-ethyl adjacent to an activating group) is 1. The van der Waals surface area contributed by atoms with Crippen molar-refractivity contribution in [3.8, 4) is 5.75 Å². The number of sulfonamides is 1. The number of hydrogen-bond acceptors (Lipinski definition) is 4. The molecule has 0 unspecified atom stereocenters. The average Bonchev–Trinajstić information content (AvgIpc) is 2.91. The number of nitrogens with zero attached hydrogens (tertiary/aromatic N) is 1. The van der Waals surface area contributed by atoms with Crippen molar-refractivity contribution < 1.29 is 13.5 Å². The molecular weight excluding hydrogens is 456 g/mol. The van der Waals surface area contributed by atoms with Gasteiger partial charge in [-0.15, -0.1) is 0 Å². The summed E-state index contributed by atoms with van der Waals surface area (Å²) in [6.45, 7) is 0.933. The number of halogens is 1. The van der Waals surface area contributed by atoms with Crippen molar-refractivity contribution in [1.29, 1.82) is 0 Å². The van der Waals surface area contributed by atoms with Gasteiger partial charge >= 0.3 is 0 Å². The largest absolute Gasteiger partial charge is 0.506 e. The minimum absolute atomic E-state index is 0.0617. The fourth-order valence-electron chi connectivity index (χ4n) is 5.31. The van der Waals surface area contributed by atoms with Crippen molar-refractivity contribution in [2.75, 3.05) is 18.3 Å². The number of phenols is 1. The summed E-state index contributed by atoms with van der Waals surface area (Å²) in [7, 11) is -1.36. The number of phenolic OH excluding ortho intramolecular Hbond substituents is 1. The summed E-state index contributed by atoms with van der Waals surface area (Å²) in [4.78, 5) is 2.40. The van der Waals surface area contributed by atoms with Gasteiger partial charge in [-0.05, 0) is 78.4 Å². The van der Waals surface area contributed by atoms with Crippen LogP contribution in [0.25, 0.3) is 0 Å². The summed E-state index contributed by atoms with van der Waals surface area (Å²) < 4.78 is 28.2. The second kappa shape index (κ2) is 8.67. The van der Waals surface area contributed by atoms with Crippen molar-refractivity contribution in [3.63, 3.8) is 0 Å². The summed E-state index contributed by atoms with van der Waals surface area (Å²) in [5, 5.41) is 10.7. The van der Waals surface area contributed by atoms with Crippen LogP contribution < -0.4 is 4.72 Å².